The van der Waals surface area contributed by atoms with Crippen molar-refractivity contribution in [2.24, 2.45) is 29.1 Å². The summed E-state index contributed by atoms with van der Waals surface area (Å²) in [6.07, 6.45) is 2.82. The van der Waals surface area contributed by atoms with E-state index in [1.54, 1.807) is 56.3 Å². The first-order valence-corrected chi connectivity index (χ1v) is 15.8. The molecule has 0 amide bonds. The number of fused-ring (bicyclic) bond motifs is 1. The van der Waals surface area contributed by atoms with Gasteiger partial charge in [-0.2, -0.15) is 0 Å². The molecule has 7 atom stereocenters. The van der Waals surface area contributed by atoms with Crippen molar-refractivity contribution in [3.05, 3.63) is 83.0 Å². The molecule has 2 aromatic carbocycles. The number of hydrogen-bond donors (Lipinski definition) is 3. The summed E-state index contributed by atoms with van der Waals surface area (Å²) in [6.45, 7) is 6.61. The van der Waals surface area contributed by atoms with Gasteiger partial charge in [0.05, 0.1) is 25.6 Å². The minimum atomic E-state index is -2.07. The molecule has 10 nitrogen and oxygen atoms in total. The Morgan fingerprint density at radius 1 is 0.957 bits per heavy atom. The number of benzene rings is 2. The highest BCUT2D eigenvalue weighted by molar-refractivity contribution is 6.06. The van der Waals surface area contributed by atoms with Gasteiger partial charge in [0.15, 0.2) is 28.7 Å². The van der Waals surface area contributed by atoms with E-state index >= 15 is 0 Å². The summed E-state index contributed by atoms with van der Waals surface area (Å²) in [4.78, 5) is 54.0. The molecule has 3 fully saturated rings. The molecule has 0 heterocycles. The molecule has 47 heavy (non-hydrogen) atoms. The van der Waals surface area contributed by atoms with Crippen LogP contribution >= 0.6 is 0 Å². The molecule has 0 aromatic heterocycles. The molecular formula is C37H40O10. The van der Waals surface area contributed by atoms with Crippen LogP contribution in [0, 0.1) is 29.1 Å². The zero-order valence-corrected chi connectivity index (χ0v) is 27.1. The fourth-order valence-corrected chi connectivity index (χ4v) is 8.88. The Kier molecular flexibility index (Phi) is 7.76. The summed E-state index contributed by atoms with van der Waals surface area (Å²) in [5.74, 6) is -5.78. The van der Waals surface area contributed by atoms with E-state index in [1.165, 1.54) is 19.2 Å². The largest absolute Gasteiger partial charge is 0.504 e. The SMILES string of the molecule is COc1cc(CC(=O)OCC2=C[C@H]3[C@@H]4C(=O)[C@@](OC(=O)Cc5ccccc5)([C@@H](C)[C@]3(O)[C@@H]3C=C(C)C(=O)[C@@]3(O)C2)C4(C)C)ccc1O. The summed E-state index contributed by atoms with van der Waals surface area (Å²) in [5, 5.41) is 34.8. The molecule has 5 aliphatic rings. The third kappa shape index (κ3) is 4.67. The fourth-order valence-electron chi connectivity index (χ4n) is 8.88. The van der Waals surface area contributed by atoms with Gasteiger partial charge in [-0.25, -0.2) is 0 Å². The zero-order chi connectivity index (χ0) is 34.1. The number of carbonyl (C=O) groups is 4. The second-order valence-corrected chi connectivity index (χ2v) is 14.0. The minimum Gasteiger partial charge on any atom is -0.504 e. The lowest BCUT2D eigenvalue weighted by Crippen LogP contribution is -2.85. The van der Waals surface area contributed by atoms with Gasteiger partial charge >= 0.3 is 11.9 Å². The second kappa shape index (κ2) is 11.2. The Balaban J connectivity index is 1.33. The van der Waals surface area contributed by atoms with Crippen molar-refractivity contribution in [2.75, 3.05) is 13.7 Å². The Morgan fingerprint density at radius 3 is 2.30 bits per heavy atom. The number of carbonyl (C=O) groups excluding carboxylic acids is 4. The zero-order valence-electron chi connectivity index (χ0n) is 27.1. The van der Waals surface area contributed by atoms with E-state index < -0.39 is 63.6 Å². The topological polar surface area (TPSA) is 157 Å². The van der Waals surface area contributed by atoms with E-state index in [-0.39, 0.29) is 48.7 Å². The molecule has 0 aliphatic heterocycles. The quantitative estimate of drug-likeness (QED) is 0.287. The first-order chi connectivity index (χ1) is 22.1. The third-order valence-electron chi connectivity index (χ3n) is 11.1. The molecular weight excluding hydrogens is 604 g/mol. The van der Waals surface area contributed by atoms with Crippen LogP contribution in [-0.4, -0.2) is 69.3 Å². The maximum absolute atomic E-state index is 14.2. The van der Waals surface area contributed by atoms with Gasteiger partial charge in [-0.3, -0.25) is 19.2 Å². The van der Waals surface area contributed by atoms with Crippen molar-refractivity contribution in [3.63, 3.8) is 0 Å². The third-order valence-corrected chi connectivity index (χ3v) is 11.1. The fraction of sp³-hybridized carbons (Fsp3) is 0.459. The highest BCUT2D eigenvalue weighted by Gasteiger charge is 2.84. The number of phenols is 1. The van der Waals surface area contributed by atoms with Gasteiger partial charge in [0.1, 0.15) is 12.2 Å². The molecule has 3 N–H and O–H groups in total. The number of Topliss-reactive ketones (excluding diaryl/α,β-unsaturated/α-hetero) is 2. The number of methoxy groups -OCH3 is 1. The van der Waals surface area contributed by atoms with Crippen molar-refractivity contribution in [1.82, 2.24) is 0 Å². The molecule has 0 spiro atoms. The first-order valence-electron chi connectivity index (χ1n) is 15.8. The van der Waals surface area contributed by atoms with Crippen molar-refractivity contribution in [3.8, 4) is 11.5 Å². The van der Waals surface area contributed by atoms with Crippen LogP contribution in [0.15, 0.2) is 71.8 Å². The molecule has 248 valence electrons. The summed E-state index contributed by atoms with van der Waals surface area (Å²) < 4.78 is 16.8. The Labute approximate surface area is 273 Å². The summed E-state index contributed by atoms with van der Waals surface area (Å²) in [7, 11) is 1.40. The van der Waals surface area contributed by atoms with Crippen LogP contribution in [0.1, 0.15) is 45.2 Å². The normalized spacial score (nSPS) is 33.3. The van der Waals surface area contributed by atoms with E-state index in [4.69, 9.17) is 14.2 Å². The number of hydrogen-bond acceptors (Lipinski definition) is 10. The molecule has 0 radical (unpaired) electrons. The van der Waals surface area contributed by atoms with Crippen molar-refractivity contribution in [1.29, 1.82) is 0 Å². The number of aliphatic hydroxyl groups is 2. The number of ether oxygens (including phenoxy) is 3. The predicted molar refractivity (Wildman–Crippen MR) is 168 cm³/mol. The number of phenolic OH excluding ortho intramolecular Hbond substituents is 1. The van der Waals surface area contributed by atoms with Crippen LogP contribution < -0.4 is 4.74 Å². The number of aromatic hydroxyl groups is 1. The van der Waals surface area contributed by atoms with E-state index in [9.17, 15) is 34.5 Å². The van der Waals surface area contributed by atoms with E-state index in [0.717, 1.165) is 0 Å². The maximum atomic E-state index is 14.2. The Bertz CT molecular complexity index is 1720. The van der Waals surface area contributed by atoms with E-state index in [0.29, 0.717) is 16.7 Å². The van der Waals surface area contributed by atoms with Gasteiger partial charge < -0.3 is 29.5 Å². The smallest absolute Gasteiger partial charge is 0.311 e. The Morgan fingerprint density at radius 2 is 1.64 bits per heavy atom. The number of esters is 2. The monoisotopic (exact) mass is 644 g/mol. The van der Waals surface area contributed by atoms with Crippen LogP contribution in [0.3, 0.4) is 0 Å². The van der Waals surface area contributed by atoms with E-state index in [1.807, 2.05) is 19.9 Å². The van der Waals surface area contributed by atoms with Gasteiger partial charge in [0.25, 0.3) is 0 Å². The average Bonchev–Trinajstić information content (AvgIpc) is 3.19. The molecule has 0 saturated heterocycles. The van der Waals surface area contributed by atoms with Crippen molar-refractivity contribution < 1.29 is 48.7 Å². The van der Waals surface area contributed by atoms with Crippen LogP contribution in [0.2, 0.25) is 0 Å². The van der Waals surface area contributed by atoms with Crippen LogP contribution in [0.25, 0.3) is 0 Å². The molecule has 2 bridgehead atoms. The van der Waals surface area contributed by atoms with Crippen molar-refractivity contribution in [2.45, 2.75) is 63.8 Å². The summed E-state index contributed by atoms with van der Waals surface area (Å²) >= 11 is 0. The Hall–Kier alpha value is -4.28. The lowest BCUT2D eigenvalue weighted by molar-refractivity contribution is -0.305. The van der Waals surface area contributed by atoms with Gasteiger partial charge in [-0.05, 0) is 41.3 Å². The van der Waals surface area contributed by atoms with Crippen molar-refractivity contribution >= 4 is 23.5 Å². The summed E-state index contributed by atoms with van der Waals surface area (Å²) in [6, 6.07) is 13.5. The summed E-state index contributed by atoms with van der Waals surface area (Å²) in [5.41, 5.74) is -4.62. The number of ketones is 2. The molecule has 0 unspecified atom stereocenters. The molecule has 7 rings (SSSR count). The molecule has 10 heteroatoms. The molecule has 2 aromatic rings. The van der Waals surface area contributed by atoms with Gasteiger partial charge in [0, 0.05) is 35.5 Å². The van der Waals surface area contributed by atoms with Gasteiger partial charge in [0.2, 0.25) is 0 Å². The average molecular weight is 645 g/mol. The van der Waals surface area contributed by atoms with Crippen LogP contribution in [0.5, 0.6) is 11.5 Å². The van der Waals surface area contributed by atoms with Crippen LogP contribution in [0.4, 0.5) is 0 Å². The van der Waals surface area contributed by atoms with E-state index in [2.05, 4.69) is 0 Å². The van der Waals surface area contributed by atoms with Crippen LogP contribution in [-0.2, 0) is 41.5 Å². The first kappa shape index (κ1) is 32.7. The lowest BCUT2D eigenvalue weighted by Gasteiger charge is -2.72. The second-order valence-electron chi connectivity index (χ2n) is 14.0. The molecule has 3 saturated carbocycles. The maximum Gasteiger partial charge on any atom is 0.311 e. The van der Waals surface area contributed by atoms with Gasteiger partial charge in [-0.15, -0.1) is 0 Å². The highest BCUT2D eigenvalue weighted by atomic mass is 16.6. The standard InChI is InChI=1S/C37H40O10/c1-20-13-28-35(43,32(20)41)18-24(19-46-29(39)17-23-11-12-26(38)27(15-23)45-5)14-25-31-33(42)37(34(31,3)4,21(2)36(25,28)44)47-30(40)16-22-9-7-6-8-10-22/h6-15,21,25,28,31,38,43-44H,16-19H2,1-5H3/t21-,25-,28+,31+,35+,36+,37-/m0/s1. The van der Waals surface area contributed by atoms with Gasteiger partial charge in [-0.1, -0.05) is 69.3 Å². The highest BCUT2D eigenvalue weighted by Crippen LogP contribution is 2.71. The predicted octanol–water partition coefficient (Wildman–Crippen LogP) is 3.44. The lowest BCUT2D eigenvalue weighted by atomic mass is 9.34. The minimum absolute atomic E-state index is 0.0671. The number of rotatable bonds is 8. The molecule has 5 aliphatic carbocycles.